The quantitative estimate of drug-likeness (QED) is 0.736. The molecule has 0 amide bonds. The molecule has 0 aliphatic carbocycles. The molecule has 0 unspecified atom stereocenters. The number of hydrogen-bond donors (Lipinski definition) is 3. The Morgan fingerprint density at radius 3 is 2.53 bits per heavy atom. The molecular formula is C16H20N2O. The van der Waals surface area contributed by atoms with E-state index in [0.29, 0.717) is 6.42 Å². The van der Waals surface area contributed by atoms with Gasteiger partial charge in [0.2, 0.25) is 0 Å². The summed E-state index contributed by atoms with van der Waals surface area (Å²) in [6.45, 7) is 4.21. The Balaban J connectivity index is 2.34. The first-order valence-electron chi connectivity index (χ1n) is 6.45. The fraction of sp³-hybridized carbons (Fsp3) is 0.250. The van der Waals surface area contributed by atoms with Gasteiger partial charge in [-0.1, -0.05) is 24.3 Å². The minimum atomic E-state index is 0.140. The van der Waals surface area contributed by atoms with Crippen molar-refractivity contribution >= 4 is 17.1 Å². The number of hydrogen-bond acceptors (Lipinski definition) is 3. The van der Waals surface area contributed by atoms with Crippen LogP contribution in [0.2, 0.25) is 0 Å². The largest absolute Gasteiger partial charge is 0.397 e. The first-order chi connectivity index (χ1) is 9.13. The van der Waals surface area contributed by atoms with Crippen molar-refractivity contribution in [1.29, 1.82) is 0 Å². The summed E-state index contributed by atoms with van der Waals surface area (Å²) in [7, 11) is 0. The summed E-state index contributed by atoms with van der Waals surface area (Å²) in [5, 5.41) is 12.5. The van der Waals surface area contributed by atoms with Gasteiger partial charge in [0.25, 0.3) is 0 Å². The SMILES string of the molecule is Cc1ccc(Nc2ccccc2CCO)c(N)c1C. The van der Waals surface area contributed by atoms with Crippen molar-refractivity contribution in [3.05, 3.63) is 53.1 Å². The molecule has 0 aliphatic rings. The van der Waals surface area contributed by atoms with E-state index >= 15 is 0 Å². The summed E-state index contributed by atoms with van der Waals surface area (Å²) in [5.74, 6) is 0. The second-order valence-electron chi connectivity index (χ2n) is 4.72. The number of nitrogens with two attached hydrogens (primary N) is 1. The summed E-state index contributed by atoms with van der Waals surface area (Å²) in [4.78, 5) is 0. The lowest BCUT2D eigenvalue weighted by atomic mass is 10.1. The van der Waals surface area contributed by atoms with Crippen LogP contribution in [-0.4, -0.2) is 11.7 Å². The molecule has 3 nitrogen and oxygen atoms in total. The topological polar surface area (TPSA) is 58.3 Å². The van der Waals surface area contributed by atoms with Crippen molar-refractivity contribution in [2.75, 3.05) is 17.7 Å². The highest BCUT2D eigenvalue weighted by Gasteiger charge is 2.07. The summed E-state index contributed by atoms with van der Waals surface area (Å²) in [6, 6.07) is 12.0. The molecule has 0 heterocycles. The Morgan fingerprint density at radius 1 is 1.05 bits per heavy atom. The van der Waals surface area contributed by atoms with Gasteiger partial charge < -0.3 is 16.2 Å². The van der Waals surface area contributed by atoms with Crippen LogP contribution >= 0.6 is 0 Å². The van der Waals surface area contributed by atoms with E-state index in [-0.39, 0.29) is 6.61 Å². The third-order valence-electron chi connectivity index (χ3n) is 3.45. The molecule has 19 heavy (non-hydrogen) atoms. The molecule has 0 spiro atoms. The Kier molecular flexibility index (Phi) is 4.07. The number of nitrogens with one attached hydrogen (secondary N) is 1. The van der Waals surface area contributed by atoms with Crippen LogP contribution in [0.15, 0.2) is 36.4 Å². The molecule has 0 saturated heterocycles. The maximum Gasteiger partial charge on any atom is 0.0620 e. The van der Waals surface area contributed by atoms with Gasteiger partial charge in [0.15, 0.2) is 0 Å². The Morgan fingerprint density at radius 2 is 1.79 bits per heavy atom. The summed E-state index contributed by atoms with van der Waals surface area (Å²) in [6.07, 6.45) is 0.633. The van der Waals surface area contributed by atoms with Crippen LogP contribution in [0.4, 0.5) is 17.1 Å². The molecule has 4 N–H and O–H groups in total. The summed E-state index contributed by atoms with van der Waals surface area (Å²) >= 11 is 0. The van der Waals surface area contributed by atoms with Crippen molar-refractivity contribution in [2.45, 2.75) is 20.3 Å². The minimum absolute atomic E-state index is 0.140. The number of benzene rings is 2. The van der Waals surface area contributed by atoms with E-state index in [1.807, 2.05) is 37.3 Å². The molecule has 3 heteroatoms. The molecule has 2 rings (SSSR count). The molecule has 2 aromatic rings. The number of nitrogen functional groups attached to an aromatic ring is 1. The Labute approximate surface area is 114 Å². The highest BCUT2D eigenvalue weighted by atomic mass is 16.2. The number of aliphatic hydroxyl groups is 1. The van der Waals surface area contributed by atoms with Crippen molar-refractivity contribution in [3.8, 4) is 0 Å². The fourth-order valence-corrected chi connectivity index (χ4v) is 2.07. The Bertz CT molecular complexity index is 579. The van der Waals surface area contributed by atoms with Gasteiger partial charge in [-0.2, -0.15) is 0 Å². The normalized spacial score (nSPS) is 10.5. The third-order valence-corrected chi connectivity index (χ3v) is 3.45. The minimum Gasteiger partial charge on any atom is -0.397 e. The van der Waals surface area contributed by atoms with E-state index in [4.69, 9.17) is 10.8 Å². The average molecular weight is 256 g/mol. The standard InChI is InChI=1S/C16H20N2O/c1-11-7-8-15(16(17)12(11)2)18-14-6-4-3-5-13(14)9-10-19/h3-8,18-19H,9-10,17H2,1-2H3. The molecule has 0 aromatic heterocycles. The van der Waals surface area contributed by atoms with Crippen molar-refractivity contribution in [2.24, 2.45) is 0 Å². The van der Waals surface area contributed by atoms with E-state index < -0.39 is 0 Å². The molecule has 0 bridgehead atoms. The predicted molar refractivity (Wildman–Crippen MR) is 80.8 cm³/mol. The number of aliphatic hydroxyl groups excluding tert-OH is 1. The molecular weight excluding hydrogens is 236 g/mol. The van der Waals surface area contributed by atoms with Crippen molar-refractivity contribution in [3.63, 3.8) is 0 Å². The van der Waals surface area contributed by atoms with Gasteiger partial charge in [-0.05, 0) is 49.1 Å². The van der Waals surface area contributed by atoms with Crippen LogP contribution in [0.25, 0.3) is 0 Å². The number of aryl methyl sites for hydroxylation is 1. The zero-order valence-electron chi connectivity index (χ0n) is 11.4. The van der Waals surface area contributed by atoms with Gasteiger partial charge in [-0.3, -0.25) is 0 Å². The van der Waals surface area contributed by atoms with E-state index in [1.54, 1.807) is 0 Å². The van der Waals surface area contributed by atoms with Crippen LogP contribution in [-0.2, 0) is 6.42 Å². The molecule has 0 atom stereocenters. The molecule has 0 fully saturated rings. The summed E-state index contributed by atoms with van der Waals surface area (Å²) < 4.78 is 0. The van der Waals surface area contributed by atoms with Gasteiger partial charge >= 0.3 is 0 Å². The average Bonchev–Trinajstić information content (AvgIpc) is 2.42. The molecule has 2 aromatic carbocycles. The van der Waals surface area contributed by atoms with Crippen LogP contribution < -0.4 is 11.1 Å². The van der Waals surface area contributed by atoms with Crippen molar-refractivity contribution < 1.29 is 5.11 Å². The number of para-hydroxylation sites is 1. The lowest BCUT2D eigenvalue weighted by Crippen LogP contribution is -2.02. The van der Waals surface area contributed by atoms with Crippen LogP contribution in [0.1, 0.15) is 16.7 Å². The maximum absolute atomic E-state index is 9.09. The zero-order valence-corrected chi connectivity index (χ0v) is 11.4. The molecule has 0 saturated carbocycles. The van der Waals surface area contributed by atoms with Crippen LogP contribution in [0.5, 0.6) is 0 Å². The highest BCUT2D eigenvalue weighted by Crippen LogP contribution is 2.29. The predicted octanol–water partition coefficient (Wildman–Crippen LogP) is 3.16. The van der Waals surface area contributed by atoms with E-state index in [2.05, 4.69) is 18.3 Å². The van der Waals surface area contributed by atoms with Gasteiger partial charge in [-0.25, -0.2) is 0 Å². The second kappa shape index (κ2) is 5.76. The number of anilines is 3. The van der Waals surface area contributed by atoms with Gasteiger partial charge in [0.05, 0.1) is 11.4 Å². The maximum atomic E-state index is 9.09. The number of rotatable bonds is 4. The van der Waals surface area contributed by atoms with Gasteiger partial charge in [0.1, 0.15) is 0 Å². The first-order valence-corrected chi connectivity index (χ1v) is 6.45. The van der Waals surface area contributed by atoms with E-state index in [9.17, 15) is 0 Å². The van der Waals surface area contributed by atoms with Crippen LogP contribution in [0, 0.1) is 13.8 Å². The zero-order chi connectivity index (χ0) is 13.8. The molecule has 0 aliphatic heterocycles. The molecule has 100 valence electrons. The molecule has 0 radical (unpaired) electrons. The van der Waals surface area contributed by atoms with Gasteiger partial charge in [-0.15, -0.1) is 0 Å². The Hall–Kier alpha value is -2.00. The second-order valence-corrected chi connectivity index (χ2v) is 4.72. The third kappa shape index (κ3) is 2.88. The van der Waals surface area contributed by atoms with Crippen molar-refractivity contribution in [1.82, 2.24) is 0 Å². The lowest BCUT2D eigenvalue weighted by molar-refractivity contribution is 0.300. The lowest BCUT2D eigenvalue weighted by Gasteiger charge is -2.15. The first kappa shape index (κ1) is 13.4. The van der Waals surface area contributed by atoms with E-state index in [0.717, 1.165) is 28.2 Å². The summed E-state index contributed by atoms with van der Waals surface area (Å²) in [5.41, 5.74) is 12.2. The fourth-order valence-electron chi connectivity index (χ4n) is 2.07. The monoisotopic (exact) mass is 256 g/mol. The highest BCUT2D eigenvalue weighted by molar-refractivity contribution is 5.77. The van der Waals surface area contributed by atoms with Gasteiger partial charge in [0, 0.05) is 12.3 Å². The van der Waals surface area contributed by atoms with Crippen LogP contribution in [0.3, 0.4) is 0 Å². The van der Waals surface area contributed by atoms with E-state index in [1.165, 1.54) is 5.56 Å². The smallest absolute Gasteiger partial charge is 0.0620 e.